The highest BCUT2D eigenvalue weighted by Crippen LogP contribution is 2.35. The molecule has 1 aromatic carbocycles. The van der Waals surface area contributed by atoms with E-state index in [4.69, 9.17) is 7.85 Å². The lowest BCUT2D eigenvalue weighted by atomic mass is 9.83. The van der Waals surface area contributed by atoms with Crippen LogP contribution in [0.4, 0.5) is 0 Å². The van der Waals surface area contributed by atoms with Gasteiger partial charge in [-0.2, -0.15) is 0 Å². The molecule has 0 bridgehead atoms. The fourth-order valence-corrected chi connectivity index (χ4v) is 4.10. The van der Waals surface area contributed by atoms with Crippen molar-refractivity contribution in [2.75, 3.05) is 26.2 Å². The minimum absolute atomic E-state index is 0.139. The highest BCUT2D eigenvalue weighted by atomic mass is 16.2. The Balaban J connectivity index is 1.97. The van der Waals surface area contributed by atoms with Crippen LogP contribution >= 0.6 is 0 Å². The second-order valence-corrected chi connectivity index (χ2v) is 7.26. The van der Waals surface area contributed by atoms with Gasteiger partial charge in [-0.15, -0.1) is 0 Å². The zero-order valence-corrected chi connectivity index (χ0v) is 16.8. The number of carbonyl (C=O) groups is 1. The van der Waals surface area contributed by atoms with Gasteiger partial charge in [-0.05, 0) is 68.0 Å². The van der Waals surface area contributed by atoms with E-state index in [0.29, 0.717) is 6.54 Å². The summed E-state index contributed by atoms with van der Waals surface area (Å²) in [6.07, 6.45) is 5.10. The molecule has 1 heterocycles. The first-order valence-electron chi connectivity index (χ1n) is 10.2. The predicted octanol–water partition coefficient (Wildman–Crippen LogP) is 2.78. The standard InChI is InChI=1S/C22H30BN3O/c1-4-12-24-14-16(22(27)26(5-2)6-3)13-15-10-11-18-20-17(15)8-7-9-19(20)25-21(18)23/h7-9,13,16,24-25H,4-6,10-12,14H2,1-3H3/b15-13+. The van der Waals surface area contributed by atoms with Crippen molar-refractivity contribution in [2.24, 2.45) is 5.92 Å². The molecular weight excluding hydrogens is 333 g/mol. The van der Waals surface area contributed by atoms with Gasteiger partial charge < -0.3 is 15.2 Å². The molecule has 1 amide bonds. The van der Waals surface area contributed by atoms with Crippen LogP contribution in [0.1, 0.15) is 44.7 Å². The molecular formula is C22H30BN3O. The number of nitrogens with one attached hydrogen (secondary N) is 2. The van der Waals surface area contributed by atoms with Crippen molar-refractivity contribution in [2.45, 2.75) is 40.0 Å². The third-order valence-corrected chi connectivity index (χ3v) is 5.54. The van der Waals surface area contributed by atoms with Crippen molar-refractivity contribution in [3.8, 4) is 0 Å². The molecule has 1 aromatic heterocycles. The summed E-state index contributed by atoms with van der Waals surface area (Å²) in [5.41, 5.74) is 5.55. The summed E-state index contributed by atoms with van der Waals surface area (Å²) in [7, 11) is 6.17. The number of hydrogen-bond donors (Lipinski definition) is 2. The topological polar surface area (TPSA) is 48.1 Å². The van der Waals surface area contributed by atoms with Gasteiger partial charge >= 0.3 is 0 Å². The van der Waals surface area contributed by atoms with E-state index < -0.39 is 0 Å². The third-order valence-electron chi connectivity index (χ3n) is 5.54. The van der Waals surface area contributed by atoms with Crippen LogP contribution in [0.25, 0.3) is 16.5 Å². The van der Waals surface area contributed by atoms with Gasteiger partial charge in [0.05, 0.1) is 5.92 Å². The van der Waals surface area contributed by atoms with Crippen LogP contribution in [0.5, 0.6) is 0 Å². The van der Waals surface area contributed by atoms with Gasteiger partial charge in [0, 0.05) is 30.5 Å². The minimum Gasteiger partial charge on any atom is -0.368 e. The van der Waals surface area contributed by atoms with Crippen LogP contribution in [0, 0.1) is 5.92 Å². The van der Waals surface area contributed by atoms with E-state index in [-0.39, 0.29) is 11.8 Å². The van der Waals surface area contributed by atoms with Crippen molar-refractivity contribution in [3.05, 3.63) is 35.4 Å². The van der Waals surface area contributed by atoms with Crippen molar-refractivity contribution in [1.29, 1.82) is 0 Å². The monoisotopic (exact) mass is 363 g/mol. The number of aromatic amines is 1. The van der Waals surface area contributed by atoms with Crippen LogP contribution < -0.4 is 10.9 Å². The number of amides is 1. The highest BCUT2D eigenvalue weighted by molar-refractivity contribution is 6.34. The predicted molar refractivity (Wildman–Crippen MR) is 115 cm³/mol. The summed E-state index contributed by atoms with van der Waals surface area (Å²) in [5, 5.41) is 4.66. The Hall–Kier alpha value is -2.01. The number of aryl methyl sites for hydroxylation is 1. The van der Waals surface area contributed by atoms with Gasteiger partial charge in [0.2, 0.25) is 5.91 Å². The SMILES string of the molecule is [B]c1[nH]c2cccc3c2c1CC/C3=C\C(CNCCC)C(=O)N(CC)CC. The lowest BCUT2D eigenvalue weighted by Gasteiger charge is -2.25. The van der Waals surface area contributed by atoms with Gasteiger partial charge in [0.15, 0.2) is 0 Å². The summed E-state index contributed by atoms with van der Waals surface area (Å²) in [5.74, 6) is 0.0715. The van der Waals surface area contributed by atoms with E-state index in [0.717, 1.165) is 50.0 Å². The molecule has 0 saturated carbocycles. The molecule has 3 rings (SSSR count). The van der Waals surface area contributed by atoms with Gasteiger partial charge in [0.1, 0.15) is 7.85 Å². The number of allylic oxidation sites excluding steroid dienone is 1. The van der Waals surface area contributed by atoms with E-state index in [2.05, 4.69) is 41.5 Å². The van der Waals surface area contributed by atoms with Gasteiger partial charge in [0.25, 0.3) is 0 Å². The van der Waals surface area contributed by atoms with E-state index >= 15 is 0 Å². The maximum atomic E-state index is 13.1. The fourth-order valence-electron chi connectivity index (χ4n) is 4.10. The van der Waals surface area contributed by atoms with Crippen LogP contribution in [-0.4, -0.2) is 49.8 Å². The van der Waals surface area contributed by atoms with Crippen molar-refractivity contribution in [3.63, 3.8) is 0 Å². The third kappa shape index (κ3) is 3.98. The molecule has 0 aliphatic heterocycles. The smallest absolute Gasteiger partial charge is 0.230 e. The molecule has 1 unspecified atom stereocenters. The first-order chi connectivity index (χ1) is 13.1. The van der Waals surface area contributed by atoms with Crippen LogP contribution in [-0.2, 0) is 11.2 Å². The number of hydrogen-bond acceptors (Lipinski definition) is 2. The summed E-state index contributed by atoms with van der Waals surface area (Å²) in [6, 6.07) is 6.29. The van der Waals surface area contributed by atoms with E-state index in [9.17, 15) is 4.79 Å². The molecule has 1 aliphatic carbocycles. The van der Waals surface area contributed by atoms with E-state index in [1.807, 2.05) is 18.7 Å². The molecule has 142 valence electrons. The number of rotatable bonds is 8. The lowest BCUT2D eigenvalue weighted by Crippen LogP contribution is -2.39. The summed E-state index contributed by atoms with van der Waals surface area (Å²) in [6.45, 7) is 9.34. The number of nitrogens with zero attached hydrogens (tertiary/aromatic N) is 1. The Morgan fingerprint density at radius 3 is 2.78 bits per heavy atom. The Kier molecular flexibility index (Phi) is 6.43. The molecule has 2 radical (unpaired) electrons. The zero-order chi connectivity index (χ0) is 19.4. The van der Waals surface area contributed by atoms with Gasteiger partial charge in [-0.3, -0.25) is 4.79 Å². The lowest BCUT2D eigenvalue weighted by molar-refractivity contribution is -0.133. The number of carbonyl (C=O) groups excluding carboxylic acids is 1. The van der Waals surface area contributed by atoms with Crippen molar-refractivity contribution in [1.82, 2.24) is 15.2 Å². The molecule has 4 nitrogen and oxygen atoms in total. The molecule has 0 spiro atoms. The highest BCUT2D eigenvalue weighted by Gasteiger charge is 2.24. The molecule has 0 fully saturated rings. The molecule has 5 heteroatoms. The Morgan fingerprint density at radius 1 is 1.30 bits per heavy atom. The fraction of sp³-hybridized carbons (Fsp3) is 0.500. The summed E-state index contributed by atoms with van der Waals surface area (Å²) < 4.78 is 0. The number of aromatic nitrogens is 1. The molecule has 2 N–H and O–H groups in total. The Morgan fingerprint density at radius 2 is 2.07 bits per heavy atom. The molecule has 2 aromatic rings. The van der Waals surface area contributed by atoms with Crippen molar-refractivity contribution >= 4 is 35.8 Å². The average molecular weight is 363 g/mol. The first kappa shape index (κ1) is 19.7. The largest absolute Gasteiger partial charge is 0.368 e. The normalized spacial score (nSPS) is 16.0. The van der Waals surface area contributed by atoms with Crippen LogP contribution in [0.2, 0.25) is 0 Å². The van der Waals surface area contributed by atoms with E-state index in [1.165, 1.54) is 22.1 Å². The Bertz CT molecular complexity index is 835. The maximum absolute atomic E-state index is 13.1. The number of H-pyrrole nitrogens is 1. The summed E-state index contributed by atoms with van der Waals surface area (Å²) in [4.78, 5) is 18.3. The molecule has 0 saturated heterocycles. The minimum atomic E-state index is -0.139. The Labute approximate surface area is 163 Å². The molecule has 1 atom stereocenters. The molecule has 1 aliphatic rings. The van der Waals surface area contributed by atoms with Crippen LogP contribution in [0.15, 0.2) is 24.3 Å². The van der Waals surface area contributed by atoms with Crippen LogP contribution in [0.3, 0.4) is 0 Å². The average Bonchev–Trinajstić information content (AvgIpc) is 3.00. The maximum Gasteiger partial charge on any atom is 0.230 e. The summed E-state index contributed by atoms with van der Waals surface area (Å²) >= 11 is 0. The second kappa shape index (κ2) is 8.79. The first-order valence-corrected chi connectivity index (χ1v) is 10.2. The van der Waals surface area contributed by atoms with Crippen molar-refractivity contribution < 1.29 is 4.79 Å². The van der Waals surface area contributed by atoms with E-state index in [1.54, 1.807) is 0 Å². The van der Waals surface area contributed by atoms with Gasteiger partial charge in [-0.25, -0.2) is 0 Å². The van der Waals surface area contributed by atoms with Gasteiger partial charge in [-0.1, -0.05) is 25.1 Å². The quantitative estimate of drug-likeness (QED) is 0.560. The number of benzene rings is 1. The molecule has 27 heavy (non-hydrogen) atoms. The zero-order valence-electron chi connectivity index (χ0n) is 16.8. The second-order valence-electron chi connectivity index (χ2n) is 7.26.